The molecular formula is C67H59Cl7O14S. The van der Waals surface area contributed by atoms with Gasteiger partial charge in [0.25, 0.3) is 5.24 Å². The minimum absolute atomic E-state index is 0.0864. The number of carboxylic acids is 1. The molecule has 0 unspecified atom stereocenters. The van der Waals surface area contributed by atoms with Crippen LogP contribution in [0.25, 0.3) is 0 Å². The van der Waals surface area contributed by atoms with Gasteiger partial charge in [-0.3, -0.25) is 24.0 Å². The van der Waals surface area contributed by atoms with Crippen LogP contribution >= 0.6 is 79.4 Å². The van der Waals surface area contributed by atoms with Crippen molar-refractivity contribution in [1.29, 1.82) is 0 Å². The topological polar surface area (TPSA) is 214 Å². The molecule has 0 aliphatic carbocycles. The van der Waals surface area contributed by atoms with E-state index in [1.54, 1.807) is 224 Å². The minimum Gasteiger partial charge on any atom is -0.508 e. The van der Waals surface area contributed by atoms with Gasteiger partial charge in [-0.1, -0.05) is 46.4 Å². The van der Waals surface area contributed by atoms with Crippen LogP contribution in [-0.2, 0) is 28.3 Å². The summed E-state index contributed by atoms with van der Waals surface area (Å²) in [6, 6.07) is 52.4. The third-order valence-corrected chi connectivity index (χ3v) is 13.3. The first-order chi connectivity index (χ1) is 41.7. The Morgan fingerprint density at radius 2 is 0.584 bits per heavy atom. The Morgan fingerprint density at radius 3 is 0.798 bits per heavy atom. The summed E-state index contributed by atoms with van der Waals surface area (Å²) >= 11 is 28.6. The molecule has 0 bridgehead atoms. The summed E-state index contributed by atoms with van der Waals surface area (Å²) in [5.41, 5.74) is 0.717. The van der Waals surface area contributed by atoms with Crippen molar-refractivity contribution < 1.29 is 66.9 Å². The molecule has 0 atom stereocenters. The molecule has 466 valence electrons. The molecule has 89 heavy (non-hydrogen) atoms. The van der Waals surface area contributed by atoms with E-state index >= 15 is 0 Å². The molecule has 22 heteroatoms. The van der Waals surface area contributed by atoms with Gasteiger partial charge >= 0.3 is 11.9 Å². The van der Waals surface area contributed by atoms with E-state index in [1.807, 2.05) is 0 Å². The van der Waals surface area contributed by atoms with E-state index in [9.17, 15) is 33.6 Å². The van der Waals surface area contributed by atoms with Gasteiger partial charge in [0, 0.05) is 86.0 Å². The Kier molecular flexibility index (Phi) is 28.6. The first-order valence-electron chi connectivity index (χ1n) is 26.4. The van der Waals surface area contributed by atoms with Crippen molar-refractivity contribution in [2.75, 3.05) is 0 Å². The van der Waals surface area contributed by atoms with E-state index < -0.39 is 43.2 Å². The predicted molar refractivity (Wildman–Crippen MR) is 351 cm³/mol. The monoisotopic (exact) mass is 1360 g/mol. The zero-order valence-electron chi connectivity index (χ0n) is 48.9. The van der Waals surface area contributed by atoms with E-state index in [0.29, 0.717) is 81.8 Å². The number of phenolic OH excluding ortho intramolecular Hbond substituents is 1. The van der Waals surface area contributed by atoms with Crippen molar-refractivity contribution in [2.24, 2.45) is 0 Å². The molecule has 0 saturated carbocycles. The molecule has 8 aromatic carbocycles. The van der Waals surface area contributed by atoms with Gasteiger partial charge in [0.1, 0.15) is 23.0 Å². The van der Waals surface area contributed by atoms with Crippen LogP contribution < -0.4 is 14.2 Å². The molecule has 0 fully saturated rings. The normalized spacial score (nSPS) is 10.8. The number of aromatic hydroxyl groups is 1. The van der Waals surface area contributed by atoms with E-state index in [2.05, 4.69) is 21.4 Å². The number of benzene rings is 8. The summed E-state index contributed by atoms with van der Waals surface area (Å²) in [7, 11) is 7.36. The van der Waals surface area contributed by atoms with E-state index in [1.165, 1.54) is 26.0 Å². The molecule has 0 aliphatic heterocycles. The molecule has 0 amide bonds. The Labute approximate surface area is 551 Å². The number of rotatable bonds is 18. The number of hydrogen-bond acceptors (Lipinski definition) is 13. The third-order valence-electron chi connectivity index (χ3n) is 11.8. The van der Waals surface area contributed by atoms with E-state index in [-0.39, 0.29) is 35.0 Å². The highest BCUT2D eigenvalue weighted by molar-refractivity contribution is 8.26. The highest BCUT2D eigenvalue weighted by Gasteiger charge is 2.33. The summed E-state index contributed by atoms with van der Waals surface area (Å²) in [6.45, 7) is 12.9. The average molecular weight is 1370 g/mol. The summed E-state index contributed by atoms with van der Waals surface area (Å²) in [4.78, 5) is 83.3. The Morgan fingerprint density at radius 1 is 0.382 bits per heavy atom. The van der Waals surface area contributed by atoms with Gasteiger partial charge in [0.05, 0.1) is 6.10 Å². The molecule has 0 spiro atoms. The van der Waals surface area contributed by atoms with Gasteiger partial charge in [-0.2, -0.15) is 0 Å². The largest absolute Gasteiger partial charge is 0.508 e. The fourth-order valence-electron chi connectivity index (χ4n) is 7.07. The van der Waals surface area contributed by atoms with Crippen molar-refractivity contribution in [2.45, 2.75) is 78.3 Å². The van der Waals surface area contributed by atoms with E-state index in [4.69, 9.17) is 91.4 Å². The third kappa shape index (κ3) is 24.7. The van der Waals surface area contributed by atoms with Crippen LogP contribution in [-0.4, -0.2) is 77.6 Å². The first-order valence-corrected chi connectivity index (χ1v) is 31.1. The molecule has 14 nitrogen and oxygen atoms in total. The van der Waals surface area contributed by atoms with Crippen LogP contribution in [0.1, 0.15) is 119 Å². The van der Waals surface area contributed by atoms with Crippen LogP contribution in [0.4, 0.5) is 0 Å². The van der Waals surface area contributed by atoms with Crippen LogP contribution in [0.2, 0.25) is 20.1 Å². The maximum Gasteiger partial charge on any atom is 0.350 e. The smallest absolute Gasteiger partial charge is 0.350 e. The number of esters is 1. The number of carbonyl (C=O) groups excluding carboxylic acids is 6. The predicted octanol–water partition coefficient (Wildman–Crippen LogP) is 17.3. The van der Waals surface area contributed by atoms with Crippen LogP contribution in [0.3, 0.4) is 0 Å². The average Bonchev–Trinajstić information content (AvgIpc) is 2.45. The standard InChI is InChI=1S/C20H21ClO4.C17H14Cl2O3.C17H15ClO4.C13H9ClO2.Cl2OS/c1-13(2)24-19(23)20(3,4)25-17-11-7-15(8-12-17)18(22)14-5-9-16(21)10-6-14;1-17(2,16(19)21)22-14-9-5-12(6-10-14)15(20)11-3-7-13(18)8-4-11;1-17(2,16(20)21)22-14-9-5-12(6-10-14)15(19)11-3-7-13(18)8-4-11;14-11-5-1-9(2-6-11)13(16)10-3-7-12(15)8-4-10;1-4(2)3/h5-13H,1-4H3;3-10H,1-2H3;3-10H,1-2H3,(H,20,21);1-8,15H;. The Bertz CT molecular complexity index is 3530. The van der Waals surface area contributed by atoms with Crippen molar-refractivity contribution in [3.8, 4) is 23.0 Å². The number of hydrogen-bond donors (Lipinski definition) is 2. The van der Waals surface area contributed by atoms with Crippen molar-refractivity contribution in [3.05, 3.63) is 259 Å². The summed E-state index contributed by atoms with van der Waals surface area (Å²) in [5, 5.41) is 19.9. The second-order valence-corrected chi connectivity index (χ2v) is 25.1. The zero-order chi connectivity index (χ0) is 66.4. The van der Waals surface area contributed by atoms with Crippen LogP contribution in [0.5, 0.6) is 23.0 Å². The minimum atomic E-state index is -1.67. The second-order valence-electron chi connectivity index (χ2n) is 20.5. The van der Waals surface area contributed by atoms with Gasteiger partial charge in [0.2, 0.25) is 9.23 Å². The van der Waals surface area contributed by atoms with Crippen molar-refractivity contribution in [1.82, 2.24) is 0 Å². The lowest BCUT2D eigenvalue weighted by Crippen LogP contribution is -2.40. The molecule has 8 aromatic rings. The molecule has 0 saturated heterocycles. The summed E-state index contributed by atoms with van der Waals surface area (Å²) in [6.07, 6.45) is -0.213. The maximum atomic E-state index is 12.4. The maximum absolute atomic E-state index is 12.4. The van der Waals surface area contributed by atoms with Crippen LogP contribution in [0, 0.1) is 0 Å². The number of carboxylic acid groups (broad SMARTS) is 1. The van der Waals surface area contributed by atoms with Gasteiger partial charge in [-0.15, -0.1) is 0 Å². The second kappa shape index (κ2) is 34.4. The van der Waals surface area contributed by atoms with Crippen molar-refractivity contribution >= 4 is 129 Å². The fraction of sp³-hybridized carbons (Fsp3) is 0.179. The lowest BCUT2D eigenvalue weighted by atomic mass is 10.0. The molecule has 2 N–H and O–H groups in total. The Hall–Kier alpha value is -7.57. The van der Waals surface area contributed by atoms with Crippen LogP contribution in [0.15, 0.2) is 194 Å². The number of aliphatic carboxylic acids is 1. The highest BCUT2D eigenvalue weighted by Crippen LogP contribution is 2.26. The number of halogens is 7. The van der Waals surface area contributed by atoms with Gasteiger partial charge < -0.3 is 29.2 Å². The SMILES string of the molecule is CC(C)(Oc1ccc(C(=O)c2ccc(Cl)cc2)cc1)C(=O)Cl.CC(C)(Oc1ccc(C(=O)c2ccc(Cl)cc2)cc1)C(=O)O.CC(C)OC(=O)C(C)(C)Oc1ccc(C(=O)c2ccc(Cl)cc2)cc1.O=C(c1ccc(O)cc1)c1ccc(Cl)cc1.O=S(Cl)Cl. The molecule has 8 rings (SSSR count). The Balaban J connectivity index is 0.000000250. The van der Waals surface area contributed by atoms with Crippen molar-refractivity contribution in [3.63, 3.8) is 0 Å². The number of ketones is 4. The zero-order valence-corrected chi connectivity index (χ0v) is 55.0. The first kappa shape index (κ1) is 73.9. The summed E-state index contributed by atoms with van der Waals surface area (Å²) in [5.74, 6) is -0.467. The molecule has 0 aromatic heterocycles. The number of phenols is 1. The lowest BCUT2D eigenvalue weighted by Gasteiger charge is -2.25. The van der Waals surface area contributed by atoms with Gasteiger partial charge in [-0.25, -0.2) is 13.8 Å². The number of carbonyl (C=O) groups is 7. The lowest BCUT2D eigenvalue weighted by molar-refractivity contribution is -0.163. The number of ether oxygens (including phenoxy) is 4. The molecule has 0 heterocycles. The van der Waals surface area contributed by atoms with E-state index in [0.717, 1.165) is 0 Å². The molecule has 0 radical (unpaired) electrons. The summed E-state index contributed by atoms with van der Waals surface area (Å²) < 4.78 is 30.9. The molecular weight excluding hydrogens is 1310 g/mol. The van der Waals surface area contributed by atoms with Gasteiger partial charge in [-0.05, 0) is 261 Å². The molecule has 0 aliphatic rings. The quantitative estimate of drug-likeness (QED) is 0.0465. The van der Waals surface area contributed by atoms with Gasteiger partial charge in [0.15, 0.2) is 39.9 Å². The highest BCUT2D eigenvalue weighted by atomic mass is 36.0. The fourth-order valence-corrected chi connectivity index (χ4v) is 7.62.